The number of ether oxygens (including phenoxy) is 1. The lowest BCUT2D eigenvalue weighted by Crippen LogP contribution is -2.43. The average Bonchev–Trinajstić information content (AvgIpc) is 3.43. The van der Waals surface area contributed by atoms with Crippen LogP contribution in [0, 0.1) is 5.41 Å². The molecule has 3 saturated heterocycles. The van der Waals surface area contributed by atoms with Crippen LogP contribution in [0.2, 0.25) is 0 Å². The minimum Gasteiger partial charge on any atom is -0.379 e. The van der Waals surface area contributed by atoms with Crippen LogP contribution < -0.4 is 0 Å². The van der Waals surface area contributed by atoms with Gasteiger partial charge in [0.15, 0.2) is 0 Å². The van der Waals surface area contributed by atoms with Crippen molar-refractivity contribution in [3.8, 4) is 0 Å². The molecular weight excluding hydrogens is 372 g/mol. The Labute approximate surface area is 170 Å². The molecule has 1 spiro atoms. The van der Waals surface area contributed by atoms with Gasteiger partial charge in [-0.3, -0.25) is 14.6 Å². The minimum atomic E-state index is -0.146. The second-order valence-corrected chi connectivity index (χ2v) is 9.21. The predicted molar refractivity (Wildman–Crippen MR) is 110 cm³/mol. The maximum absolute atomic E-state index is 13.2. The number of rotatable bonds is 5. The van der Waals surface area contributed by atoms with Gasteiger partial charge in [-0.1, -0.05) is 12.1 Å². The molecule has 3 fully saturated rings. The Bertz CT molecular complexity index is 850. The molecule has 4 heterocycles. The van der Waals surface area contributed by atoms with Gasteiger partial charge in [-0.15, -0.1) is 11.3 Å². The first-order valence-electron chi connectivity index (χ1n) is 10.4. The van der Waals surface area contributed by atoms with Gasteiger partial charge in [-0.2, -0.15) is 0 Å². The first kappa shape index (κ1) is 18.5. The number of amides is 1. The van der Waals surface area contributed by atoms with Crippen LogP contribution in [0.25, 0.3) is 10.2 Å². The van der Waals surface area contributed by atoms with Crippen molar-refractivity contribution in [2.24, 2.45) is 5.41 Å². The molecule has 2 aromatic rings. The zero-order chi connectivity index (χ0) is 19.0. The maximum Gasteiger partial charge on any atom is 0.230 e. The standard InChI is InChI=1S/C21H28N4O2S/c26-20-21(5-7-25(20)9-8-23-10-12-27-13-11-23)4-6-24(15-21)14-17-2-1-3-18-19(17)28-16-22-18/h1-3,16H,4-15H2. The summed E-state index contributed by atoms with van der Waals surface area (Å²) in [4.78, 5) is 24.7. The van der Waals surface area contributed by atoms with Gasteiger partial charge in [0.05, 0.1) is 34.4 Å². The van der Waals surface area contributed by atoms with E-state index >= 15 is 0 Å². The van der Waals surface area contributed by atoms with Crippen LogP contribution >= 0.6 is 11.3 Å². The van der Waals surface area contributed by atoms with E-state index in [1.165, 1.54) is 10.3 Å². The summed E-state index contributed by atoms with van der Waals surface area (Å²) < 4.78 is 6.71. The molecule has 0 N–H and O–H groups in total. The minimum absolute atomic E-state index is 0.146. The second kappa shape index (κ2) is 7.71. The van der Waals surface area contributed by atoms with Crippen LogP contribution in [0.5, 0.6) is 0 Å². The number of carbonyl (C=O) groups is 1. The molecule has 150 valence electrons. The third-order valence-corrected chi connectivity index (χ3v) is 7.57. The van der Waals surface area contributed by atoms with Gasteiger partial charge < -0.3 is 9.64 Å². The Hall–Kier alpha value is -1.54. The molecule has 3 aliphatic heterocycles. The molecule has 6 nitrogen and oxygen atoms in total. The number of aromatic nitrogens is 1. The van der Waals surface area contributed by atoms with Crippen LogP contribution in [-0.4, -0.2) is 84.6 Å². The van der Waals surface area contributed by atoms with Gasteiger partial charge >= 0.3 is 0 Å². The summed E-state index contributed by atoms with van der Waals surface area (Å²) in [6, 6.07) is 6.38. The van der Waals surface area contributed by atoms with Crippen LogP contribution in [0.15, 0.2) is 23.7 Å². The number of nitrogens with zero attached hydrogens (tertiary/aromatic N) is 4. The molecule has 1 unspecified atom stereocenters. The molecule has 0 saturated carbocycles. The normalized spacial score (nSPS) is 26.9. The molecule has 0 bridgehead atoms. The van der Waals surface area contributed by atoms with Crippen molar-refractivity contribution in [1.82, 2.24) is 19.7 Å². The maximum atomic E-state index is 13.2. The molecule has 7 heteroatoms. The zero-order valence-corrected chi connectivity index (χ0v) is 17.1. The number of likely N-dealkylation sites (tertiary alicyclic amines) is 2. The van der Waals surface area contributed by atoms with Crippen LogP contribution in [0.1, 0.15) is 18.4 Å². The van der Waals surface area contributed by atoms with Gasteiger partial charge in [0.1, 0.15) is 0 Å². The number of morpholine rings is 1. The van der Waals surface area contributed by atoms with Gasteiger partial charge in [-0.05, 0) is 31.0 Å². The van der Waals surface area contributed by atoms with Crippen LogP contribution in [0.3, 0.4) is 0 Å². The monoisotopic (exact) mass is 400 g/mol. The highest BCUT2D eigenvalue weighted by Gasteiger charge is 2.50. The van der Waals surface area contributed by atoms with E-state index in [-0.39, 0.29) is 5.41 Å². The Morgan fingerprint density at radius 2 is 1.93 bits per heavy atom. The molecule has 3 aliphatic rings. The second-order valence-electron chi connectivity index (χ2n) is 8.35. The first-order valence-corrected chi connectivity index (χ1v) is 11.2. The molecule has 0 radical (unpaired) electrons. The van der Waals surface area contributed by atoms with E-state index in [0.717, 1.165) is 83.9 Å². The average molecular weight is 401 g/mol. The van der Waals surface area contributed by atoms with Crippen molar-refractivity contribution in [3.05, 3.63) is 29.3 Å². The fraction of sp³-hybridized carbons (Fsp3) is 0.619. The van der Waals surface area contributed by atoms with Gasteiger partial charge in [0.25, 0.3) is 0 Å². The third-order valence-electron chi connectivity index (χ3n) is 6.66. The number of hydrogen-bond acceptors (Lipinski definition) is 6. The van der Waals surface area contributed by atoms with Gasteiger partial charge in [0.2, 0.25) is 5.91 Å². The van der Waals surface area contributed by atoms with E-state index in [4.69, 9.17) is 4.74 Å². The van der Waals surface area contributed by atoms with Crippen molar-refractivity contribution in [1.29, 1.82) is 0 Å². The fourth-order valence-electron chi connectivity index (χ4n) is 4.98. The number of benzene rings is 1. The largest absolute Gasteiger partial charge is 0.379 e. The molecule has 5 rings (SSSR count). The molecule has 0 aliphatic carbocycles. The summed E-state index contributed by atoms with van der Waals surface area (Å²) in [7, 11) is 0. The lowest BCUT2D eigenvalue weighted by atomic mass is 9.85. The zero-order valence-electron chi connectivity index (χ0n) is 16.3. The van der Waals surface area contributed by atoms with Crippen molar-refractivity contribution >= 4 is 27.5 Å². The van der Waals surface area contributed by atoms with Gasteiger partial charge in [0, 0.05) is 45.8 Å². The predicted octanol–water partition coefficient (Wildman–Crippen LogP) is 2.05. The molecule has 1 atom stereocenters. The van der Waals surface area contributed by atoms with Crippen molar-refractivity contribution in [3.63, 3.8) is 0 Å². The highest BCUT2D eigenvalue weighted by Crippen LogP contribution is 2.41. The van der Waals surface area contributed by atoms with E-state index < -0.39 is 0 Å². The molecule has 1 aromatic heterocycles. The molecule has 1 amide bonds. The Kier molecular flexibility index (Phi) is 5.09. The lowest BCUT2D eigenvalue weighted by Gasteiger charge is -2.29. The van der Waals surface area contributed by atoms with Crippen LogP contribution in [0.4, 0.5) is 0 Å². The summed E-state index contributed by atoms with van der Waals surface area (Å²) in [5, 5.41) is 0. The summed E-state index contributed by atoms with van der Waals surface area (Å²) in [6.45, 7) is 9.20. The number of carbonyl (C=O) groups excluding carboxylic acids is 1. The number of hydrogen-bond donors (Lipinski definition) is 0. The Morgan fingerprint density at radius 3 is 2.82 bits per heavy atom. The fourth-order valence-corrected chi connectivity index (χ4v) is 5.77. The number of fused-ring (bicyclic) bond motifs is 1. The quantitative estimate of drug-likeness (QED) is 0.769. The molecular formula is C21H28N4O2S. The first-order chi connectivity index (χ1) is 13.7. The van der Waals surface area contributed by atoms with Crippen molar-refractivity contribution in [2.45, 2.75) is 19.4 Å². The van der Waals surface area contributed by atoms with Crippen LogP contribution in [-0.2, 0) is 16.1 Å². The topological polar surface area (TPSA) is 48.9 Å². The number of thiazole rings is 1. The van der Waals surface area contributed by atoms with E-state index in [1.807, 2.05) is 5.51 Å². The van der Waals surface area contributed by atoms with Crippen molar-refractivity contribution < 1.29 is 9.53 Å². The summed E-state index contributed by atoms with van der Waals surface area (Å²) in [5.74, 6) is 0.388. The van der Waals surface area contributed by atoms with Crippen molar-refractivity contribution in [2.75, 3.05) is 59.0 Å². The van der Waals surface area contributed by atoms with E-state index in [2.05, 4.69) is 37.9 Å². The molecule has 28 heavy (non-hydrogen) atoms. The summed E-state index contributed by atoms with van der Waals surface area (Å²) >= 11 is 1.72. The SMILES string of the molecule is O=C1N(CCN2CCOCC2)CCC12CCN(Cc1cccc3ncsc13)C2. The highest BCUT2D eigenvalue weighted by molar-refractivity contribution is 7.16. The summed E-state index contributed by atoms with van der Waals surface area (Å²) in [6.07, 6.45) is 2.01. The Morgan fingerprint density at radius 1 is 1.07 bits per heavy atom. The summed E-state index contributed by atoms with van der Waals surface area (Å²) in [5.41, 5.74) is 4.20. The smallest absolute Gasteiger partial charge is 0.230 e. The van der Waals surface area contributed by atoms with Gasteiger partial charge in [-0.25, -0.2) is 4.98 Å². The lowest BCUT2D eigenvalue weighted by molar-refractivity contribution is -0.135. The Balaban J connectivity index is 1.20. The highest BCUT2D eigenvalue weighted by atomic mass is 32.1. The van der Waals surface area contributed by atoms with E-state index in [0.29, 0.717) is 5.91 Å². The molecule has 1 aromatic carbocycles. The van der Waals surface area contributed by atoms with E-state index in [1.54, 1.807) is 11.3 Å². The van der Waals surface area contributed by atoms with E-state index in [9.17, 15) is 4.79 Å². The third kappa shape index (κ3) is 3.45.